The third-order valence-corrected chi connectivity index (χ3v) is 7.15. The average Bonchev–Trinajstić information content (AvgIpc) is 3.24. The molecule has 1 saturated heterocycles. The number of rotatable bonds is 7. The molecule has 0 bridgehead atoms. The number of nitrogens with two attached hydrogens (primary N) is 1. The Labute approximate surface area is 215 Å². The highest BCUT2D eigenvalue weighted by atomic mass is 32.2. The van der Waals surface area contributed by atoms with Crippen LogP contribution in [-0.2, 0) is 22.3 Å². The first kappa shape index (κ1) is 29.3. The van der Waals surface area contributed by atoms with E-state index in [9.17, 15) is 40.1 Å². The molecule has 1 aliphatic heterocycles. The molecule has 0 radical (unpaired) electrons. The number of hydrogen-bond donors (Lipinski definition) is 2. The number of nitrogens with one attached hydrogen (secondary N) is 1. The molecular weight excluding hydrogens is 545 g/mol. The van der Waals surface area contributed by atoms with E-state index in [4.69, 9.17) is 5.73 Å². The van der Waals surface area contributed by atoms with Gasteiger partial charge in [-0.2, -0.15) is 26.3 Å². The number of allylic oxidation sites excluding steroid dienone is 1. The summed E-state index contributed by atoms with van der Waals surface area (Å²) in [6, 6.07) is 3.54. The summed E-state index contributed by atoms with van der Waals surface area (Å²) in [4.78, 5) is 22.9. The minimum atomic E-state index is -5.00. The summed E-state index contributed by atoms with van der Waals surface area (Å²) < 4.78 is 105. The lowest BCUT2D eigenvalue weighted by Crippen LogP contribution is -2.48. The normalized spacial score (nSPS) is 20.4. The predicted octanol–water partition coefficient (Wildman–Crippen LogP) is 3.80. The maximum atomic E-state index is 13.3. The van der Waals surface area contributed by atoms with Crippen LogP contribution in [0.15, 0.2) is 57.8 Å². The fourth-order valence-corrected chi connectivity index (χ4v) is 5.02. The highest BCUT2D eigenvalue weighted by molar-refractivity contribution is 7.89. The standard InChI is InChI=1S/C22H21F7N6O2S/c1-12-2-7-17(35(12)38(37)16-5-3-14(23)4-6-16)19(36)32-9-13(18(30)21(24,25)26)8-31-15-10-33-20(34-11-15)22(27,28)29/h3-6,8,10-12,17H,2,7,9,30H2,1H3,(H,32,36). The predicted molar refractivity (Wildman–Crippen MR) is 123 cm³/mol. The van der Waals surface area contributed by atoms with Gasteiger partial charge >= 0.3 is 12.4 Å². The average molecular weight is 567 g/mol. The molecule has 3 rings (SSSR count). The monoisotopic (exact) mass is 566 g/mol. The Balaban J connectivity index is 1.77. The molecule has 3 atom stereocenters. The fourth-order valence-electron chi connectivity index (χ4n) is 3.54. The number of aliphatic imine (C=N–C) groups is 1. The Kier molecular flexibility index (Phi) is 8.99. The van der Waals surface area contributed by atoms with Crippen LogP contribution in [0.5, 0.6) is 0 Å². The van der Waals surface area contributed by atoms with Crippen LogP contribution >= 0.6 is 0 Å². The van der Waals surface area contributed by atoms with Crippen LogP contribution in [0.4, 0.5) is 36.4 Å². The molecule has 0 saturated carbocycles. The Hall–Kier alpha value is -3.24. The summed E-state index contributed by atoms with van der Waals surface area (Å²) >= 11 is -1.85. The first-order chi connectivity index (χ1) is 17.7. The molecule has 0 spiro atoms. The first-order valence-electron chi connectivity index (χ1n) is 10.9. The van der Waals surface area contributed by atoms with Crippen LogP contribution in [0.3, 0.4) is 0 Å². The number of halogens is 7. The van der Waals surface area contributed by atoms with E-state index in [1.807, 2.05) is 0 Å². The molecule has 16 heteroatoms. The lowest BCUT2D eigenvalue weighted by atomic mass is 10.1. The molecule has 1 amide bonds. The van der Waals surface area contributed by atoms with Crippen molar-refractivity contribution in [3.05, 3.63) is 59.6 Å². The summed E-state index contributed by atoms with van der Waals surface area (Å²) in [7, 11) is 0. The van der Waals surface area contributed by atoms with Crippen LogP contribution in [0.2, 0.25) is 0 Å². The minimum absolute atomic E-state index is 0.241. The molecular formula is C22H21F7N6O2S. The van der Waals surface area contributed by atoms with E-state index in [0.29, 0.717) is 25.0 Å². The number of nitrogens with zero attached hydrogens (tertiary/aromatic N) is 4. The summed E-state index contributed by atoms with van der Waals surface area (Å²) in [6.07, 6.45) is -7.13. The molecule has 1 aromatic heterocycles. The van der Waals surface area contributed by atoms with Crippen LogP contribution < -0.4 is 11.1 Å². The Morgan fingerprint density at radius 2 is 1.79 bits per heavy atom. The van der Waals surface area contributed by atoms with E-state index in [1.165, 1.54) is 16.4 Å². The molecule has 1 fully saturated rings. The molecule has 2 aromatic rings. The highest BCUT2D eigenvalue weighted by Crippen LogP contribution is 2.31. The number of amides is 1. The smallest absolute Gasteiger partial charge is 0.451 e. The molecule has 1 aliphatic rings. The number of hydrogen-bond acceptors (Lipinski definition) is 7. The van der Waals surface area contributed by atoms with Gasteiger partial charge in [0.1, 0.15) is 17.6 Å². The molecule has 3 unspecified atom stereocenters. The third kappa shape index (κ3) is 7.20. The van der Waals surface area contributed by atoms with Gasteiger partial charge in [-0.1, -0.05) is 0 Å². The van der Waals surface area contributed by atoms with E-state index >= 15 is 0 Å². The zero-order chi connectivity index (χ0) is 28.3. The van der Waals surface area contributed by atoms with Crippen molar-refractivity contribution in [1.29, 1.82) is 0 Å². The van der Waals surface area contributed by atoms with Crippen LogP contribution in [-0.4, -0.2) is 55.8 Å². The quantitative estimate of drug-likeness (QED) is 0.299. The molecule has 2 heterocycles. The second kappa shape index (κ2) is 11.7. The van der Waals surface area contributed by atoms with Crippen molar-refractivity contribution in [3.63, 3.8) is 0 Å². The van der Waals surface area contributed by atoms with Gasteiger partial charge in [0.2, 0.25) is 11.7 Å². The van der Waals surface area contributed by atoms with E-state index in [1.54, 1.807) is 6.92 Å². The Morgan fingerprint density at radius 3 is 2.34 bits per heavy atom. The van der Waals surface area contributed by atoms with Crippen molar-refractivity contribution in [1.82, 2.24) is 19.6 Å². The van der Waals surface area contributed by atoms with Gasteiger partial charge in [-0.25, -0.2) is 14.4 Å². The van der Waals surface area contributed by atoms with Crippen LogP contribution in [0.25, 0.3) is 0 Å². The topological polar surface area (TPSA) is 120 Å². The van der Waals surface area contributed by atoms with Gasteiger partial charge in [-0.05, 0) is 44.0 Å². The minimum Gasteiger partial charge on any atom is -0.593 e. The zero-order valence-electron chi connectivity index (χ0n) is 19.6. The summed E-state index contributed by atoms with van der Waals surface area (Å²) in [5, 5.41) is 2.32. The van der Waals surface area contributed by atoms with E-state index < -0.39 is 65.1 Å². The lowest BCUT2D eigenvalue weighted by molar-refractivity contribution is -0.145. The van der Waals surface area contributed by atoms with Crippen LogP contribution in [0, 0.1) is 5.82 Å². The molecule has 1 aromatic carbocycles. The number of aromatic nitrogens is 2. The van der Waals surface area contributed by atoms with Crippen molar-refractivity contribution in [2.45, 2.75) is 49.1 Å². The SMILES string of the molecule is CC1CCC(C(=O)NCC(C=Nc2cnc(C(F)(F)F)nc2)=C(N)C(F)(F)F)N1[S+]([O-])c1ccc(F)cc1. The number of benzene rings is 1. The zero-order valence-corrected chi connectivity index (χ0v) is 20.4. The molecule has 8 nitrogen and oxygen atoms in total. The Bertz CT molecular complexity index is 1190. The van der Waals surface area contributed by atoms with Gasteiger partial charge in [0, 0.05) is 18.3 Å². The van der Waals surface area contributed by atoms with E-state index in [2.05, 4.69) is 20.3 Å². The van der Waals surface area contributed by atoms with Gasteiger partial charge in [0.25, 0.3) is 0 Å². The summed E-state index contributed by atoms with van der Waals surface area (Å²) in [5.74, 6) is -2.73. The second-order valence-corrected chi connectivity index (χ2v) is 9.57. The van der Waals surface area contributed by atoms with Gasteiger partial charge < -0.3 is 15.6 Å². The van der Waals surface area contributed by atoms with Crippen molar-refractivity contribution >= 4 is 29.2 Å². The second-order valence-electron chi connectivity index (χ2n) is 8.18. The van der Waals surface area contributed by atoms with Gasteiger partial charge in [-0.15, -0.1) is 4.31 Å². The number of carbonyl (C=O) groups excluding carboxylic acids is 1. The molecule has 3 N–H and O–H groups in total. The lowest BCUT2D eigenvalue weighted by Gasteiger charge is -2.28. The Morgan fingerprint density at radius 1 is 1.18 bits per heavy atom. The van der Waals surface area contributed by atoms with Gasteiger partial charge in [0.05, 0.1) is 35.5 Å². The molecule has 206 valence electrons. The van der Waals surface area contributed by atoms with Crippen molar-refractivity contribution in [2.24, 2.45) is 10.7 Å². The highest BCUT2D eigenvalue weighted by Gasteiger charge is 2.44. The first-order valence-corrected chi connectivity index (χ1v) is 12.0. The third-order valence-electron chi connectivity index (χ3n) is 5.47. The number of carbonyl (C=O) groups is 1. The maximum Gasteiger partial charge on any atom is 0.451 e. The fraction of sp³-hybridized carbons (Fsp3) is 0.364. The summed E-state index contributed by atoms with van der Waals surface area (Å²) in [6.45, 7) is 0.984. The molecule has 38 heavy (non-hydrogen) atoms. The van der Waals surface area contributed by atoms with Crippen molar-refractivity contribution in [2.75, 3.05) is 6.54 Å². The van der Waals surface area contributed by atoms with E-state index in [-0.39, 0.29) is 23.0 Å². The van der Waals surface area contributed by atoms with E-state index in [0.717, 1.165) is 12.1 Å². The van der Waals surface area contributed by atoms with Crippen LogP contribution in [0.1, 0.15) is 25.6 Å². The van der Waals surface area contributed by atoms with Crippen molar-refractivity contribution < 1.29 is 40.1 Å². The van der Waals surface area contributed by atoms with Gasteiger partial charge in [0.15, 0.2) is 4.90 Å². The maximum absolute atomic E-state index is 13.3. The largest absolute Gasteiger partial charge is 0.593 e. The summed E-state index contributed by atoms with van der Waals surface area (Å²) in [5.41, 5.74) is 2.66. The van der Waals surface area contributed by atoms with Crippen molar-refractivity contribution in [3.8, 4) is 0 Å². The number of alkyl halides is 6. The molecule has 0 aliphatic carbocycles. The van der Waals surface area contributed by atoms with Gasteiger partial charge in [-0.3, -0.25) is 9.79 Å².